The highest BCUT2D eigenvalue weighted by Crippen LogP contribution is 2.26. The van der Waals surface area contributed by atoms with Crippen LogP contribution in [0.1, 0.15) is 42.6 Å². The molecular weight excluding hydrogens is 312 g/mol. The molecule has 1 aliphatic heterocycles. The minimum Gasteiger partial charge on any atom is -0.478 e. The lowest BCUT2D eigenvalue weighted by molar-refractivity contribution is 0.0697. The van der Waals surface area contributed by atoms with Crippen LogP contribution >= 0.6 is 0 Å². The summed E-state index contributed by atoms with van der Waals surface area (Å²) in [7, 11) is 0. The lowest BCUT2D eigenvalue weighted by Gasteiger charge is -2.35. The smallest absolute Gasteiger partial charge is 0.336 e. The van der Waals surface area contributed by atoms with Crippen LogP contribution in [0, 0.1) is 5.92 Å². The van der Waals surface area contributed by atoms with Gasteiger partial charge in [-0.1, -0.05) is 18.2 Å². The molecule has 0 bridgehead atoms. The van der Waals surface area contributed by atoms with Crippen molar-refractivity contribution in [3.8, 4) is 11.3 Å². The van der Waals surface area contributed by atoms with E-state index in [-0.39, 0.29) is 0 Å². The van der Waals surface area contributed by atoms with Gasteiger partial charge in [-0.15, -0.1) is 0 Å². The molecule has 4 heteroatoms. The van der Waals surface area contributed by atoms with Crippen LogP contribution in [-0.4, -0.2) is 40.1 Å². The number of carboxylic acid groups (broad SMARTS) is 1. The fourth-order valence-electron chi connectivity index (χ4n) is 3.71. The molecule has 0 aliphatic carbocycles. The molecule has 132 valence electrons. The number of carbonyl (C=O) groups is 1. The maximum Gasteiger partial charge on any atom is 0.336 e. The lowest BCUT2D eigenvalue weighted by atomic mass is 9.90. The molecule has 25 heavy (non-hydrogen) atoms. The zero-order valence-corrected chi connectivity index (χ0v) is 15.0. The van der Waals surface area contributed by atoms with E-state index in [4.69, 9.17) is 0 Å². The van der Waals surface area contributed by atoms with Crippen LogP contribution in [0.4, 0.5) is 0 Å². The molecule has 1 atom stereocenters. The first-order valence-electron chi connectivity index (χ1n) is 9.06. The highest BCUT2D eigenvalue weighted by molar-refractivity contribution is 5.95. The van der Waals surface area contributed by atoms with Crippen LogP contribution in [0.3, 0.4) is 0 Å². The van der Waals surface area contributed by atoms with Crippen molar-refractivity contribution in [1.29, 1.82) is 0 Å². The van der Waals surface area contributed by atoms with Gasteiger partial charge in [-0.05, 0) is 69.3 Å². The van der Waals surface area contributed by atoms with Gasteiger partial charge in [0.05, 0.1) is 11.3 Å². The molecule has 1 fully saturated rings. The summed E-state index contributed by atoms with van der Waals surface area (Å²) in [6.07, 6.45) is 5.33. The predicted molar refractivity (Wildman–Crippen MR) is 99.8 cm³/mol. The molecule has 1 N–H and O–H groups in total. The molecular formula is C21H26N2O2. The quantitative estimate of drug-likeness (QED) is 0.891. The topological polar surface area (TPSA) is 53.4 Å². The highest BCUT2D eigenvalue weighted by atomic mass is 16.4. The van der Waals surface area contributed by atoms with Crippen molar-refractivity contribution in [2.24, 2.45) is 5.92 Å². The third-order valence-corrected chi connectivity index (χ3v) is 5.06. The van der Waals surface area contributed by atoms with E-state index in [0.29, 0.717) is 23.1 Å². The second kappa shape index (κ2) is 7.79. The van der Waals surface area contributed by atoms with E-state index in [1.54, 1.807) is 18.3 Å². The zero-order valence-electron chi connectivity index (χ0n) is 15.0. The summed E-state index contributed by atoms with van der Waals surface area (Å²) in [5, 5.41) is 9.41. The van der Waals surface area contributed by atoms with Gasteiger partial charge in [0.25, 0.3) is 0 Å². The molecule has 0 radical (unpaired) electrons. The first-order valence-corrected chi connectivity index (χ1v) is 9.06. The van der Waals surface area contributed by atoms with Crippen molar-refractivity contribution >= 4 is 5.97 Å². The minimum atomic E-state index is -0.914. The molecule has 1 aromatic heterocycles. The van der Waals surface area contributed by atoms with Gasteiger partial charge in [0.2, 0.25) is 0 Å². The standard InChI is InChI=1S/C21H26N2O2/c1-15(2)23-11-5-6-17(14-23)12-16-9-10-22-20(13-16)18-7-3-4-8-19(18)21(24)25/h3-4,7-10,13,15,17H,5-6,11-12,14H2,1-2H3,(H,24,25)/t17-/m0/s1. The third kappa shape index (κ3) is 4.26. The fraction of sp³-hybridized carbons (Fsp3) is 0.429. The first kappa shape index (κ1) is 17.6. The number of piperidine rings is 1. The van der Waals surface area contributed by atoms with Gasteiger partial charge >= 0.3 is 5.97 Å². The second-order valence-electron chi connectivity index (χ2n) is 7.20. The van der Waals surface area contributed by atoms with Crippen LogP contribution in [0.25, 0.3) is 11.3 Å². The number of hydrogen-bond donors (Lipinski definition) is 1. The number of carboxylic acids is 1. The monoisotopic (exact) mass is 338 g/mol. The van der Waals surface area contributed by atoms with E-state index in [2.05, 4.69) is 35.9 Å². The number of aromatic nitrogens is 1. The van der Waals surface area contributed by atoms with Gasteiger partial charge in [-0.25, -0.2) is 4.79 Å². The van der Waals surface area contributed by atoms with Gasteiger partial charge in [-0.2, -0.15) is 0 Å². The molecule has 0 amide bonds. The molecule has 2 heterocycles. The SMILES string of the molecule is CC(C)N1CCC[C@@H](Cc2ccnc(-c3ccccc3C(=O)O)c2)C1. The van der Waals surface area contributed by atoms with Crippen LogP contribution in [0.2, 0.25) is 0 Å². The van der Waals surface area contributed by atoms with Gasteiger partial charge in [0.1, 0.15) is 0 Å². The van der Waals surface area contributed by atoms with Crippen LogP contribution < -0.4 is 0 Å². The van der Waals surface area contributed by atoms with Crippen molar-refractivity contribution in [2.75, 3.05) is 13.1 Å². The summed E-state index contributed by atoms with van der Waals surface area (Å²) in [5.41, 5.74) is 2.97. The van der Waals surface area contributed by atoms with Crippen LogP contribution in [0.15, 0.2) is 42.6 Å². The van der Waals surface area contributed by atoms with E-state index < -0.39 is 5.97 Å². The Morgan fingerprint density at radius 2 is 2.12 bits per heavy atom. The number of aromatic carboxylic acids is 1. The number of nitrogens with zero attached hydrogens (tertiary/aromatic N) is 2. The van der Waals surface area contributed by atoms with Crippen molar-refractivity contribution in [3.63, 3.8) is 0 Å². The summed E-state index contributed by atoms with van der Waals surface area (Å²) in [5.74, 6) is -0.260. The van der Waals surface area contributed by atoms with Crippen LogP contribution in [0.5, 0.6) is 0 Å². The van der Waals surface area contributed by atoms with Gasteiger partial charge < -0.3 is 10.0 Å². The second-order valence-corrected chi connectivity index (χ2v) is 7.20. The highest BCUT2D eigenvalue weighted by Gasteiger charge is 2.22. The maximum absolute atomic E-state index is 11.5. The van der Waals surface area contributed by atoms with Crippen molar-refractivity contribution in [1.82, 2.24) is 9.88 Å². The van der Waals surface area contributed by atoms with E-state index in [9.17, 15) is 9.90 Å². The third-order valence-electron chi connectivity index (χ3n) is 5.06. The normalized spacial score (nSPS) is 18.4. The Morgan fingerprint density at radius 3 is 2.88 bits per heavy atom. The fourth-order valence-corrected chi connectivity index (χ4v) is 3.71. The van der Waals surface area contributed by atoms with E-state index in [0.717, 1.165) is 18.7 Å². The average molecular weight is 338 g/mol. The number of pyridine rings is 1. The average Bonchev–Trinajstić information content (AvgIpc) is 2.62. The maximum atomic E-state index is 11.5. The van der Waals surface area contributed by atoms with Crippen molar-refractivity contribution in [2.45, 2.75) is 39.2 Å². The summed E-state index contributed by atoms with van der Waals surface area (Å²) in [4.78, 5) is 18.4. The van der Waals surface area contributed by atoms with Gasteiger partial charge in [-0.3, -0.25) is 4.98 Å². The molecule has 2 aromatic rings. The summed E-state index contributed by atoms with van der Waals surface area (Å²) < 4.78 is 0. The number of benzene rings is 1. The largest absolute Gasteiger partial charge is 0.478 e. The van der Waals surface area contributed by atoms with Crippen molar-refractivity contribution in [3.05, 3.63) is 53.7 Å². The Labute approximate surface area is 149 Å². The van der Waals surface area contributed by atoms with E-state index >= 15 is 0 Å². The molecule has 1 aliphatic rings. The number of hydrogen-bond acceptors (Lipinski definition) is 3. The van der Waals surface area contributed by atoms with Gasteiger partial charge in [0.15, 0.2) is 0 Å². The molecule has 0 unspecified atom stereocenters. The molecule has 0 spiro atoms. The molecule has 1 saturated heterocycles. The minimum absolute atomic E-state index is 0.302. The zero-order chi connectivity index (χ0) is 17.8. The Bertz CT molecular complexity index is 742. The summed E-state index contributed by atoms with van der Waals surface area (Å²) >= 11 is 0. The van der Waals surface area contributed by atoms with Crippen LogP contribution in [-0.2, 0) is 6.42 Å². The Morgan fingerprint density at radius 1 is 1.32 bits per heavy atom. The predicted octanol–water partition coefficient (Wildman–Crippen LogP) is 4.11. The molecule has 3 rings (SSSR count). The molecule has 1 aromatic carbocycles. The Balaban J connectivity index is 1.80. The molecule has 4 nitrogen and oxygen atoms in total. The lowest BCUT2D eigenvalue weighted by Crippen LogP contribution is -2.40. The van der Waals surface area contributed by atoms with Gasteiger partial charge in [0, 0.05) is 24.3 Å². The summed E-state index contributed by atoms with van der Waals surface area (Å²) in [6, 6.07) is 11.8. The summed E-state index contributed by atoms with van der Waals surface area (Å²) in [6.45, 7) is 6.86. The van der Waals surface area contributed by atoms with Crippen molar-refractivity contribution < 1.29 is 9.90 Å². The van der Waals surface area contributed by atoms with E-state index in [1.165, 1.54) is 24.9 Å². The Kier molecular flexibility index (Phi) is 5.49. The number of likely N-dealkylation sites (tertiary alicyclic amines) is 1. The van der Waals surface area contributed by atoms with E-state index in [1.807, 2.05) is 12.1 Å². The molecule has 0 saturated carbocycles. The number of rotatable bonds is 5. The Hall–Kier alpha value is -2.20. The first-order chi connectivity index (χ1) is 12.0.